The van der Waals surface area contributed by atoms with Gasteiger partial charge >= 0.3 is 0 Å². The second-order valence-corrected chi connectivity index (χ2v) is 9.71. The molecule has 1 aliphatic rings. The Morgan fingerprint density at radius 3 is 2.66 bits per heavy atom. The normalized spacial score (nSPS) is 12.8. The maximum atomic E-state index is 7.48. The number of hydrogen-bond acceptors (Lipinski definition) is 1. The first-order chi connectivity index (χ1) is 13.9. The van der Waals surface area contributed by atoms with Gasteiger partial charge in [-0.2, -0.15) is 4.57 Å². The van der Waals surface area contributed by atoms with Gasteiger partial charge in [0, 0.05) is 34.9 Å². The summed E-state index contributed by atoms with van der Waals surface area (Å²) in [7, 11) is 2.15. The van der Waals surface area contributed by atoms with Gasteiger partial charge in [-0.3, -0.25) is 0 Å². The van der Waals surface area contributed by atoms with E-state index in [1.165, 1.54) is 53.7 Å². The number of nitrogens with zero attached hydrogens (tertiary/aromatic N) is 2. The fourth-order valence-electron chi connectivity index (χ4n) is 4.47. The zero-order chi connectivity index (χ0) is 20.3. The van der Waals surface area contributed by atoms with Gasteiger partial charge in [0.1, 0.15) is 7.05 Å². The summed E-state index contributed by atoms with van der Waals surface area (Å²) in [6.45, 7) is 13.7. The lowest BCUT2D eigenvalue weighted by Crippen LogP contribution is -2.32. The van der Waals surface area contributed by atoms with Crippen LogP contribution in [0.2, 0.25) is 0 Å². The summed E-state index contributed by atoms with van der Waals surface area (Å²) in [6.07, 6.45) is 3.00. The first kappa shape index (κ1) is 18.2. The highest BCUT2D eigenvalue weighted by molar-refractivity contribution is 8.00. The minimum Gasteiger partial charge on any atom is -0.311 e. The van der Waals surface area contributed by atoms with Crippen LogP contribution in [0.5, 0.6) is 0 Å². The molecule has 2 heterocycles. The zero-order valence-electron chi connectivity index (χ0n) is 17.2. The average molecular weight is 396 g/mol. The topological polar surface area (TPSA) is 8.24 Å². The third-order valence-corrected chi connectivity index (χ3v) is 7.04. The maximum Gasteiger partial charge on any atom is 0.231 e. The molecule has 0 fully saturated rings. The molecule has 0 unspecified atom stereocenters. The number of pyridine rings is 1. The van der Waals surface area contributed by atoms with Crippen LogP contribution in [-0.2, 0) is 13.5 Å². The van der Waals surface area contributed by atoms with Crippen LogP contribution < -0.4 is 4.57 Å². The van der Waals surface area contributed by atoms with Crippen molar-refractivity contribution in [2.24, 2.45) is 7.05 Å². The Morgan fingerprint density at radius 2 is 1.86 bits per heavy atom. The molecule has 0 atom stereocenters. The van der Waals surface area contributed by atoms with E-state index < -0.39 is 0 Å². The van der Waals surface area contributed by atoms with Gasteiger partial charge in [-0.05, 0) is 41.6 Å². The molecule has 0 saturated carbocycles. The van der Waals surface area contributed by atoms with Crippen molar-refractivity contribution in [1.29, 1.82) is 0 Å². The van der Waals surface area contributed by atoms with Gasteiger partial charge < -0.3 is 4.85 Å². The fraction of sp³-hybridized carbons (Fsp3) is 0.231. The van der Waals surface area contributed by atoms with E-state index in [9.17, 15) is 0 Å². The number of hydrogen-bond donors (Lipinski definition) is 0. The van der Waals surface area contributed by atoms with E-state index in [1.807, 2.05) is 25.6 Å². The van der Waals surface area contributed by atoms with Crippen LogP contribution in [0.3, 0.4) is 0 Å². The number of benzene rings is 3. The molecule has 3 heteroatoms. The predicted octanol–water partition coefficient (Wildman–Crippen LogP) is 6.50. The molecular weight excluding hydrogens is 372 g/mol. The molecule has 2 nitrogen and oxygen atoms in total. The largest absolute Gasteiger partial charge is 0.311 e. The van der Waals surface area contributed by atoms with Crippen LogP contribution in [0, 0.1) is 13.5 Å². The monoisotopic (exact) mass is 395 g/mol. The van der Waals surface area contributed by atoms with Crippen LogP contribution in [0.4, 0.5) is 0 Å². The highest BCUT2D eigenvalue weighted by atomic mass is 32.2. The molecule has 0 aliphatic carbocycles. The van der Waals surface area contributed by atoms with E-state index in [4.69, 9.17) is 6.57 Å². The lowest BCUT2D eigenvalue weighted by Gasteiger charge is -2.21. The first-order valence-corrected chi connectivity index (χ1v) is 10.7. The van der Waals surface area contributed by atoms with Crippen molar-refractivity contribution >= 4 is 33.3 Å². The van der Waals surface area contributed by atoms with Gasteiger partial charge in [0.2, 0.25) is 11.2 Å². The van der Waals surface area contributed by atoms with Gasteiger partial charge in [0.25, 0.3) is 0 Å². The van der Waals surface area contributed by atoms with Crippen molar-refractivity contribution < 1.29 is 4.57 Å². The Balaban J connectivity index is 1.83. The molecule has 0 saturated heterocycles. The molecule has 29 heavy (non-hydrogen) atoms. The van der Waals surface area contributed by atoms with E-state index in [0.29, 0.717) is 0 Å². The molecule has 0 spiro atoms. The number of fused-ring (bicyclic) bond motifs is 4. The third-order valence-electron chi connectivity index (χ3n) is 5.87. The van der Waals surface area contributed by atoms with Crippen molar-refractivity contribution in [2.45, 2.75) is 42.5 Å². The summed E-state index contributed by atoms with van der Waals surface area (Å²) in [5.74, 6) is 0. The van der Waals surface area contributed by atoms with E-state index in [2.05, 4.69) is 78.1 Å². The Bertz CT molecular complexity index is 1360. The zero-order valence-corrected chi connectivity index (χ0v) is 18.0. The van der Waals surface area contributed by atoms with Gasteiger partial charge in [-0.15, -0.1) is 0 Å². The average Bonchev–Trinajstić information content (AvgIpc) is 2.70. The van der Waals surface area contributed by atoms with Crippen molar-refractivity contribution in [3.63, 3.8) is 0 Å². The van der Waals surface area contributed by atoms with Crippen LogP contribution in [0.25, 0.3) is 37.6 Å². The van der Waals surface area contributed by atoms with Crippen LogP contribution in [-0.4, -0.2) is 5.54 Å². The quantitative estimate of drug-likeness (QED) is 0.245. The second kappa shape index (κ2) is 6.34. The summed E-state index contributed by atoms with van der Waals surface area (Å²) in [4.78, 5) is 6.45. The minimum absolute atomic E-state index is 0.380. The highest BCUT2D eigenvalue weighted by Gasteiger charge is 2.30. The number of aryl methyl sites for hydroxylation is 2. The number of rotatable bonds is 2. The van der Waals surface area contributed by atoms with Crippen molar-refractivity contribution in [3.05, 3.63) is 77.3 Å². The van der Waals surface area contributed by atoms with Gasteiger partial charge in [0.05, 0.1) is 16.9 Å². The molecule has 0 N–H and O–H groups in total. The number of aromatic nitrogens is 1. The lowest BCUT2D eigenvalue weighted by atomic mass is 9.92. The van der Waals surface area contributed by atoms with Gasteiger partial charge in [0.15, 0.2) is 6.20 Å². The highest BCUT2D eigenvalue weighted by Crippen LogP contribution is 2.49. The maximum absolute atomic E-state index is 7.48. The summed E-state index contributed by atoms with van der Waals surface area (Å²) in [5.41, 5.74) is 4.81. The van der Waals surface area contributed by atoms with Crippen molar-refractivity contribution in [3.8, 4) is 11.3 Å². The molecule has 1 aliphatic heterocycles. The summed E-state index contributed by atoms with van der Waals surface area (Å²) in [5, 5.41) is 5.19. The molecule has 0 radical (unpaired) electrons. The lowest BCUT2D eigenvalue weighted by molar-refractivity contribution is -0.660. The Hall–Kier alpha value is -2.83. The van der Waals surface area contributed by atoms with Crippen LogP contribution >= 0.6 is 11.8 Å². The van der Waals surface area contributed by atoms with Crippen LogP contribution in [0.15, 0.2) is 64.5 Å². The van der Waals surface area contributed by atoms with Crippen molar-refractivity contribution in [2.75, 3.05) is 0 Å². The van der Waals surface area contributed by atoms with Gasteiger partial charge in [-0.25, -0.2) is 6.57 Å². The molecule has 0 bridgehead atoms. The second-order valence-electron chi connectivity index (χ2n) is 8.65. The smallest absolute Gasteiger partial charge is 0.231 e. The third kappa shape index (κ3) is 2.82. The van der Waals surface area contributed by atoms with Gasteiger partial charge in [-0.1, -0.05) is 42.1 Å². The molecule has 142 valence electrons. The summed E-state index contributed by atoms with van der Waals surface area (Å²) in [6, 6.07) is 17.8. The van der Waals surface area contributed by atoms with Crippen LogP contribution in [0.1, 0.15) is 25.0 Å². The van der Waals surface area contributed by atoms with E-state index in [1.54, 1.807) is 0 Å². The molecule has 1 aromatic heterocycles. The Morgan fingerprint density at radius 1 is 1.07 bits per heavy atom. The summed E-state index contributed by atoms with van der Waals surface area (Å²) >= 11 is 1.88. The van der Waals surface area contributed by atoms with E-state index in [0.717, 1.165) is 6.42 Å². The molecule has 4 aromatic rings. The first-order valence-electron chi connectivity index (χ1n) is 9.92. The van der Waals surface area contributed by atoms with E-state index in [-0.39, 0.29) is 5.54 Å². The molecule has 3 aromatic carbocycles. The minimum atomic E-state index is -0.380. The van der Waals surface area contributed by atoms with Crippen molar-refractivity contribution in [1.82, 2.24) is 0 Å². The summed E-state index contributed by atoms with van der Waals surface area (Å²) < 4.78 is 2.28. The molecule has 0 amide bonds. The SMILES string of the molecule is [C-]#[N+]C(C)(C)Cc1ccc2c[n+](C)c3c(c2c1)Sc1cccc2ccc(C)c-3c12. The predicted molar refractivity (Wildman–Crippen MR) is 121 cm³/mol. The Kier molecular flexibility index (Phi) is 3.98. The standard InChI is InChI=1S/C26H23N2S/c1-16-9-11-18-7-6-8-21-23(18)22(16)24-25(29-21)20-13-17(14-26(2,3)27-4)10-12-19(20)15-28(24)5/h6-13,15H,14H2,1-3,5H3/q+1. The van der Waals surface area contributed by atoms with E-state index >= 15 is 0 Å². The molecule has 5 rings (SSSR count). The Labute approximate surface area is 176 Å². The molecular formula is C26H23N2S+. The fourth-order valence-corrected chi connectivity index (χ4v) is 5.78.